The lowest BCUT2D eigenvalue weighted by atomic mass is 9.76. The van der Waals surface area contributed by atoms with Crippen molar-refractivity contribution in [1.82, 2.24) is 0 Å². The van der Waals surface area contributed by atoms with E-state index in [0.29, 0.717) is 6.61 Å². The number of halogens is 1. The highest BCUT2D eigenvalue weighted by Gasteiger charge is 2.36. The van der Waals surface area contributed by atoms with Crippen LogP contribution in [0.3, 0.4) is 0 Å². The summed E-state index contributed by atoms with van der Waals surface area (Å²) in [6, 6.07) is 0. The van der Waals surface area contributed by atoms with Gasteiger partial charge in [0, 0.05) is 23.2 Å². The van der Waals surface area contributed by atoms with E-state index >= 15 is 0 Å². The molecule has 3 nitrogen and oxygen atoms in total. The van der Waals surface area contributed by atoms with Gasteiger partial charge in [0.05, 0.1) is 12.4 Å². The maximum Gasteiger partial charge on any atom is 0.233 e. The second kappa shape index (κ2) is 4.81. The number of ether oxygens (including phenoxy) is 1. The minimum atomic E-state index is -3.41. The number of methoxy groups -OCH3 is 1. The van der Waals surface area contributed by atoms with Crippen LogP contribution in [0.15, 0.2) is 0 Å². The molecule has 0 aromatic carbocycles. The molecule has 0 amide bonds. The molecule has 0 aromatic heterocycles. The second-order valence-electron chi connectivity index (χ2n) is 4.18. The Morgan fingerprint density at radius 1 is 1.29 bits per heavy atom. The molecule has 1 rings (SSSR count). The van der Waals surface area contributed by atoms with Crippen LogP contribution in [0.2, 0.25) is 0 Å². The highest BCUT2D eigenvalue weighted by molar-refractivity contribution is 8.13. The average molecular weight is 241 g/mol. The van der Waals surface area contributed by atoms with Crippen molar-refractivity contribution in [2.45, 2.75) is 32.1 Å². The summed E-state index contributed by atoms with van der Waals surface area (Å²) in [7, 11) is 3.50. The third kappa shape index (κ3) is 3.75. The Bertz CT molecular complexity index is 262. The van der Waals surface area contributed by atoms with Crippen LogP contribution in [0.25, 0.3) is 0 Å². The first-order valence-corrected chi connectivity index (χ1v) is 7.37. The summed E-state index contributed by atoms with van der Waals surface area (Å²) in [5.41, 5.74) is -0.229. The third-order valence-corrected chi connectivity index (χ3v) is 4.13. The maximum absolute atomic E-state index is 11.1. The van der Waals surface area contributed by atoms with Gasteiger partial charge in [-0.1, -0.05) is 19.3 Å². The summed E-state index contributed by atoms with van der Waals surface area (Å²) in [6.07, 6.45) is 5.17. The minimum absolute atomic E-state index is 0.0510. The summed E-state index contributed by atoms with van der Waals surface area (Å²) in [5, 5.41) is 0. The van der Waals surface area contributed by atoms with Crippen molar-refractivity contribution in [1.29, 1.82) is 0 Å². The van der Waals surface area contributed by atoms with E-state index in [0.717, 1.165) is 25.7 Å². The first-order chi connectivity index (χ1) is 6.47. The molecule has 0 atom stereocenters. The van der Waals surface area contributed by atoms with Crippen LogP contribution in [-0.2, 0) is 13.8 Å². The molecule has 0 aliphatic heterocycles. The summed E-state index contributed by atoms with van der Waals surface area (Å²) < 4.78 is 27.3. The van der Waals surface area contributed by atoms with Crippen molar-refractivity contribution in [3.8, 4) is 0 Å². The van der Waals surface area contributed by atoms with Gasteiger partial charge < -0.3 is 4.74 Å². The topological polar surface area (TPSA) is 43.4 Å². The van der Waals surface area contributed by atoms with E-state index in [2.05, 4.69) is 0 Å². The van der Waals surface area contributed by atoms with Crippen molar-refractivity contribution < 1.29 is 13.2 Å². The monoisotopic (exact) mass is 240 g/mol. The van der Waals surface area contributed by atoms with Gasteiger partial charge in [0.2, 0.25) is 9.05 Å². The number of rotatable bonds is 4. The van der Waals surface area contributed by atoms with Gasteiger partial charge in [0.15, 0.2) is 0 Å². The van der Waals surface area contributed by atoms with Crippen LogP contribution in [-0.4, -0.2) is 27.9 Å². The molecule has 14 heavy (non-hydrogen) atoms. The molecule has 84 valence electrons. The zero-order valence-corrected chi connectivity index (χ0v) is 10.0. The third-order valence-electron chi connectivity index (χ3n) is 2.84. The Morgan fingerprint density at radius 3 is 2.29 bits per heavy atom. The standard InChI is InChI=1S/C9H17ClO3S/c1-13-7-9(8-14(10,11)12)5-3-2-4-6-9/h2-8H2,1H3. The van der Waals surface area contributed by atoms with Gasteiger partial charge in [0.1, 0.15) is 0 Å². The first-order valence-electron chi connectivity index (χ1n) is 4.89. The SMILES string of the molecule is COCC1(CS(=O)(=O)Cl)CCCCC1. The maximum atomic E-state index is 11.1. The van der Waals surface area contributed by atoms with Crippen LogP contribution in [0.4, 0.5) is 0 Å². The average Bonchev–Trinajstić information content (AvgIpc) is 2.02. The molecule has 1 aliphatic carbocycles. The predicted molar refractivity (Wildman–Crippen MR) is 57.0 cm³/mol. The predicted octanol–water partition coefficient (Wildman–Crippen LogP) is 2.15. The van der Waals surface area contributed by atoms with Gasteiger partial charge in [-0.25, -0.2) is 8.42 Å². The molecule has 0 aromatic rings. The molecular formula is C9H17ClO3S. The van der Waals surface area contributed by atoms with E-state index in [1.165, 1.54) is 6.42 Å². The van der Waals surface area contributed by atoms with Gasteiger partial charge >= 0.3 is 0 Å². The lowest BCUT2D eigenvalue weighted by Gasteiger charge is -2.35. The Morgan fingerprint density at radius 2 is 1.86 bits per heavy atom. The molecule has 0 spiro atoms. The smallest absolute Gasteiger partial charge is 0.233 e. The van der Waals surface area contributed by atoms with Crippen molar-refractivity contribution in [3.05, 3.63) is 0 Å². The van der Waals surface area contributed by atoms with Crippen LogP contribution >= 0.6 is 10.7 Å². The Balaban J connectivity index is 2.70. The first kappa shape index (κ1) is 12.3. The normalized spacial score (nSPS) is 22.1. The van der Waals surface area contributed by atoms with Gasteiger partial charge in [-0.2, -0.15) is 0 Å². The van der Waals surface area contributed by atoms with E-state index in [4.69, 9.17) is 15.4 Å². The van der Waals surface area contributed by atoms with Gasteiger partial charge in [-0.05, 0) is 12.8 Å². The van der Waals surface area contributed by atoms with Gasteiger partial charge in [0.25, 0.3) is 0 Å². The van der Waals surface area contributed by atoms with Crippen molar-refractivity contribution in [2.24, 2.45) is 5.41 Å². The fraction of sp³-hybridized carbons (Fsp3) is 1.00. The zero-order chi connectivity index (χ0) is 10.7. The van der Waals surface area contributed by atoms with E-state index in [1.807, 2.05) is 0 Å². The highest BCUT2D eigenvalue weighted by atomic mass is 35.7. The quantitative estimate of drug-likeness (QED) is 0.708. The van der Waals surface area contributed by atoms with Gasteiger partial charge in [-0.15, -0.1) is 0 Å². The molecule has 1 aliphatic rings. The van der Waals surface area contributed by atoms with Crippen LogP contribution in [0.1, 0.15) is 32.1 Å². The number of hydrogen-bond acceptors (Lipinski definition) is 3. The lowest BCUT2D eigenvalue weighted by molar-refractivity contribution is 0.0655. The van der Waals surface area contributed by atoms with E-state index in [-0.39, 0.29) is 11.2 Å². The van der Waals surface area contributed by atoms with Crippen molar-refractivity contribution >= 4 is 19.7 Å². The van der Waals surface area contributed by atoms with Gasteiger partial charge in [-0.3, -0.25) is 0 Å². The van der Waals surface area contributed by atoms with Crippen molar-refractivity contribution in [2.75, 3.05) is 19.5 Å². The molecular weight excluding hydrogens is 224 g/mol. The molecule has 0 saturated heterocycles. The van der Waals surface area contributed by atoms with E-state index < -0.39 is 9.05 Å². The largest absolute Gasteiger partial charge is 0.384 e. The zero-order valence-electron chi connectivity index (χ0n) is 8.46. The molecule has 5 heteroatoms. The molecule has 1 fully saturated rings. The molecule has 1 saturated carbocycles. The highest BCUT2D eigenvalue weighted by Crippen LogP contribution is 2.38. The molecule has 0 bridgehead atoms. The number of hydrogen-bond donors (Lipinski definition) is 0. The molecule has 0 heterocycles. The van der Waals surface area contributed by atoms with Crippen LogP contribution in [0.5, 0.6) is 0 Å². The Hall–Kier alpha value is 0.200. The summed E-state index contributed by atoms with van der Waals surface area (Å²) in [4.78, 5) is 0. The van der Waals surface area contributed by atoms with E-state index in [1.54, 1.807) is 7.11 Å². The van der Waals surface area contributed by atoms with Crippen molar-refractivity contribution in [3.63, 3.8) is 0 Å². The fourth-order valence-electron chi connectivity index (χ4n) is 2.30. The second-order valence-corrected chi connectivity index (χ2v) is 6.95. The summed E-state index contributed by atoms with van der Waals surface area (Å²) in [5.74, 6) is 0.0510. The Labute approximate surface area is 90.2 Å². The molecule has 0 unspecified atom stereocenters. The fourth-order valence-corrected chi connectivity index (χ4v) is 4.10. The summed E-state index contributed by atoms with van der Waals surface area (Å²) >= 11 is 0. The van der Waals surface area contributed by atoms with Crippen LogP contribution < -0.4 is 0 Å². The lowest BCUT2D eigenvalue weighted by Crippen LogP contribution is -2.35. The molecule has 0 N–H and O–H groups in total. The van der Waals surface area contributed by atoms with Crippen LogP contribution in [0, 0.1) is 5.41 Å². The van der Waals surface area contributed by atoms with E-state index in [9.17, 15) is 8.42 Å². The molecule has 0 radical (unpaired) electrons. The Kier molecular flexibility index (Phi) is 4.22. The minimum Gasteiger partial charge on any atom is -0.384 e. The summed E-state index contributed by atoms with van der Waals surface area (Å²) in [6.45, 7) is 0.499.